The molecule has 1 aromatic rings. The van der Waals surface area contributed by atoms with Crippen molar-refractivity contribution in [2.45, 2.75) is 39.2 Å². The molecule has 0 radical (unpaired) electrons. The fourth-order valence-electron chi connectivity index (χ4n) is 3.27. The summed E-state index contributed by atoms with van der Waals surface area (Å²) in [4.78, 5) is 15.0. The lowest BCUT2D eigenvalue weighted by Gasteiger charge is -2.38. The third-order valence-corrected chi connectivity index (χ3v) is 4.49. The molecule has 0 N–H and O–H groups in total. The van der Waals surface area contributed by atoms with E-state index < -0.39 is 0 Å². The molecule has 23 heavy (non-hydrogen) atoms. The van der Waals surface area contributed by atoms with Crippen LogP contribution in [0.3, 0.4) is 0 Å². The SMILES string of the molecule is COc1cc(C(=O)N2CCCCC2C(C)C)cc(OC)c1OC. The average Bonchev–Trinajstić information content (AvgIpc) is 2.59. The number of methoxy groups -OCH3 is 3. The Bertz CT molecular complexity index is 531. The Hall–Kier alpha value is -1.91. The fraction of sp³-hybridized carbons (Fsp3) is 0.611. The van der Waals surface area contributed by atoms with E-state index >= 15 is 0 Å². The number of carbonyl (C=O) groups excluding carboxylic acids is 1. The van der Waals surface area contributed by atoms with E-state index in [1.54, 1.807) is 33.5 Å². The molecule has 0 spiro atoms. The normalized spacial score (nSPS) is 18.0. The Morgan fingerprint density at radius 3 is 2.17 bits per heavy atom. The lowest BCUT2D eigenvalue weighted by molar-refractivity contribution is 0.0542. The third kappa shape index (κ3) is 3.54. The number of piperidine rings is 1. The Balaban J connectivity index is 2.38. The molecular formula is C18H27NO4. The summed E-state index contributed by atoms with van der Waals surface area (Å²) in [6, 6.07) is 3.75. The summed E-state index contributed by atoms with van der Waals surface area (Å²) >= 11 is 0. The summed E-state index contributed by atoms with van der Waals surface area (Å²) in [6.45, 7) is 5.15. The molecule has 1 fully saturated rings. The number of hydrogen-bond donors (Lipinski definition) is 0. The summed E-state index contributed by atoms with van der Waals surface area (Å²) in [7, 11) is 4.67. The zero-order valence-corrected chi connectivity index (χ0v) is 14.7. The largest absolute Gasteiger partial charge is 0.493 e. The van der Waals surface area contributed by atoms with E-state index in [2.05, 4.69) is 13.8 Å². The predicted molar refractivity (Wildman–Crippen MR) is 89.6 cm³/mol. The molecular weight excluding hydrogens is 294 g/mol. The maximum Gasteiger partial charge on any atom is 0.254 e. The van der Waals surface area contributed by atoms with Gasteiger partial charge in [-0.05, 0) is 37.3 Å². The van der Waals surface area contributed by atoms with E-state index in [4.69, 9.17) is 14.2 Å². The summed E-state index contributed by atoms with van der Waals surface area (Å²) < 4.78 is 16.0. The van der Waals surface area contributed by atoms with Crippen LogP contribution in [0.4, 0.5) is 0 Å². The fourth-order valence-corrected chi connectivity index (χ4v) is 3.27. The van der Waals surface area contributed by atoms with Gasteiger partial charge in [-0.25, -0.2) is 0 Å². The van der Waals surface area contributed by atoms with E-state index in [-0.39, 0.29) is 11.9 Å². The highest BCUT2D eigenvalue weighted by molar-refractivity contribution is 5.96. The van der Waals surface area contributed by atoms with Gasteiger partial charge in [-0.3, -0.25) is 4.79 Å². The van der Waals surface area contributed by atoms with Gasteiger partial charge in [0.15, 0.2) is 11.5 Å². The van der Waals surface area contributed by atoms with Crippen molar-refractivity contribution in [1.29, 1.82) is 0 Å². The van der Waals surface area contributed by atoms with Crippen LogP contribution in [0.2, 0.25) is 0 Å². The Labute approximate surface area is 138 Å². The summed E-state index contributed by atoms with van der Waals surface area (Å²) in [6.07, 6.45) is 3.30. The van der Waals surface area contributed by atoms with E-state index in [0.717, 1.165) is 19.4 Å². The van der Waals surface area contributed by atoms with Gasteiger partial charge in [-0.1, -0.05) is 13.8 Å². The first kappa shape index (κ1) is 17.4. The molecule has 1 unspecified atom stereocenters. The molecule has 0 aromatic heterocycles. The number of likely N-dealkylation sites (tertiary alicyclic amines) is 1. The lowest BCUT2D eigenvalue weighted by atomic mass is 9.92. The molecule has 1 saturated heterocycles. The second kappa shape index (κ2) is 7.57. The van der Waals surface area contributed by atoms with Crippen LogP contribution in [0.1, 0.15) is 43.5 Å². The van der Waals surface area contributed by atoms with Crippen molar-refractivity contribution >= 4 is 5.91 Å². The highest BCUT2D eigenvalue weighted by atomic mass is 16.5. The highest BCUT2D eigenvalue weighted by Gasteiger charge is 2.30. The van der Waals surface area contributed by atoms with Crippen LogP contribution in [-0.4, -0.2) is 44.7 Å². The number of hydrogen-bond acceptors (Lipinski definition) is 4. The standard InChI is InChI=1S/C18H27NO4/c1-12(2)14-8-6-7-9-19(14)18(20)13-10-15(21-3)17(23-5)16(11-13)22-4/h10-12,14H,6-9H2,1-5H3. The Morgan fingerprint density at radius 1 is 1.09 bits per heavy atom. The van der Waals surface area contributed by atoms with E-state index in [0.29, 0.717) is 28.7 Å². The Morgan fingerprint density at radius 2 is 1.70 bits per heavy atom. The monoisotopic (exact) mass is 321 g/mol. The van der Waals surface area contributed by atoms with Gasteiger partial charge in [0.1, 0.15) is 0 Å². The van der Waals surface area contributed by atoms with Crippen molar-refractivity contribution in [1.82, 2.24) is 4.90 Å². The molecule has 1 aliphatic rings. The minimum absolute atomic E-state index is 0.0302. The second-order valence-electron chi connectivity index (χ2n) is 6.22. The number of carbonyl (C=O) groups is 1. The van der Waals surface area contributed by atoms with E-state index in [9.17, 15) is 4.79 Å². The molecule has 1 aliphatic heterocycles. The number of amides is 1. The van der Waals surface area contributed by atoms with Crippen LogP contribution >= 0.6 is 0 Å². The van der Waals surface area contributed by atoms with Crippen LogP contribution in [0.15, 0.2) is 12.1 Å². The quantitative estimate of drug-likeness (QED) is 0.834. The number of ether oxygens (including phenoxy) is 3. The predicted octanol–water partition coefficient (Wildman–Crippen LogP) is 3.36. The second-order valence-corrected chi connectivity index (χ2v) is 6.22. The maximum atomic E-state index is 13.0. The van der Waals surface area contributed by atoms with Crippen molar-refractivity contribution in [3.63, 3.8) is 0 Å². The lowest BCUT2D eigenvalue weighted by Crippen LogP contribution is -2.46. The van der Waals surface area contributed by atoms with Gasteiger partial charge in [0, 0.05) is 18.2 Å². The van der Waals surface area contributed by atoms with Gasteiger partial charge >= 0.3 is 0 Å². The average molecular weight is 321 g/mol. The molecule has 0 saturated carbocycles. The topological polar surface area (TPSA) is 48.0 Å². The van der Waals surface area contributed by atoms with Crippen LogP contribution in [0, 0.1) is 5.92 Å². The van der Waals surface area contributed by atoms with Gasteiger partial charge in [0.2, 0.25) is 5.75 Å². The zero-order chi connectivity index (χ0) is 17.0. The first-order valence-corrected chi connectivity index (χ1v) is 8.14. The first-order valence-electron chi connectivity index (χ1n) is 8.14. The van der Waals surface area contributed by atoms with Gasteiger partial charge in [-0.2, -0.15) is 0 Å². The molecule has 128 valence electrons. The van der Waals surface area contributed by atoms with E-state index in [1.807, 2.05) is 4.90 Å². The minimum atomic E-state index is 0.0302. The van der Waals surface area contributed by atoms with Crippen molar-refractivity contribution in [2.75, 3.05) is 27.9 Å². The van der Waals surface area contributed by atoms with Crippen molar-refractivity contribution in [2.24, 2.45) is 5.92 Å². The zero-order valence-electron chi connectivity index (χ0n) is 14.7. The number of benzene rings is 1. The summed E-state index contributed by atoms with van der Waals surface area (Å²) in [5, 5.41) is 0. The van der Waals surface area contributed by atoms with Crippen LogP contribution < -0.4 is 14.2 Å². The smallest absolute Gasteiger partial charge is 0.254 e. The summed E-state index contributed by atoms with van der Waals surface area (Å²) in [5.41, 5.74) is 0.576. The first-order chi connectivity index (χ1) is 11.0. The molecule has 5 nitrogen and oxygen atoms in total. The van der Waals surface area contributed by atoms with Crippen LogP contribution in [-0.2, 0) is 0 Å². The van der Waals surface area contributed by atoms with Gasteiger partial charge in [-0.15, -0.1) is 0 Å². The molecule has 2 rings (SSSR count). The molecule has 5 heteroatoms. The van der Waals surface area contributed by atoms with Crippen molar-refractivity contribution < 1.29 is 19.0 Å². The molecule has 0 aliphatic carbocycles. The van der Waals surface area contributed by atoms with Gasteiger partial charge < -0.3 is 19.1 Å². The number of rotatable bonds is 5. The molecule has 0 bridgehead atoms. The number of nitrogens with zero attached hydrogens (tertiary/aromatic N) is 1. The van der Waals surface area contributed by atoms with Gasteiger partial charge in [0.25, 0.3) is 5.91 Å². The van der Waals surface area contributed by atoms with Crippen molar-refractivity contribution in [3.8, 4) is 17.2 Å². The molecule has 1 heterocycles. The van der Waals surface area contributed by atoms with E-state index in [1.165, 1.54) is 6.42 Å². The van der Waals surface area contributed by atoms with Crippen LogP contribution in [0.5, 0.6) is 17.2 Å². The molecule has 1 amide bonds. The van der Waals surface area contributed by atoms with Crippen molar-refractivity contribution in [3.05, 3.63) is 17.7 Å². The van der Waals surface area contributed by atoms with Crippen LogP contribution in [0.25, 0.3) is 0 Å². The summed E-state index contributed by atoms with van der Waals surface area (Å²) in [5.74, 6) is 2.00. The molecule has 1 aromatic carbocycles. The Kier molecular flexibility index (Phi) is 5.74. The maximum absolute atomic E-state index is 13.0. The third-order valence-electron chi connectivity index (χ3n) is 4.49. The minimum Gasteiger partial charge on any atom is -0.493 e. The highest BCUT2D eigenvalue weighted by Crippen LogP contribution is 2.39. The molecule has 1 atom stereocenters. The van der Waals surface area contributed by atoms with Gasteiger partial charge in [0.05, 0.1) is 21.3 Å².